The van der Waals surface area contributed by atoms with Gasteiger partial charge in [-0.15, -0.1) is 0 Å². The molecule has 0 unspecified atom stereocenters. The molecule has 0 N–H and O–H groups in total. The van der Waals surface area contributed by atoms with Crippen LogP contribution in [0.15, 0.2) is 12.3 Å². The summed E-state index contributed by atoms with van der Waals surface area (Å²) in [5.41, 5.74) is 0.00885. The van der Waals surface area contributed by atoms with E-state index in [1.165, 1.54) is 0 Å². The second-order valence-corrected chi connectivity index (χ2v) is 7.10. The third-order valence-corrected chi connectivity index (χ3v) is 4.24. The molecule has 0 amide bonds. The molecule has 0 spiro atoms. The van der Waals surface area contributed by atoms with E-state index in [-0.39, 0.29) is 24.2 Å². The van der Waals surface area contributed by atoms with Crippen molar-refractivity contribution >= 4 is 18.6 Å². The fraction of sp³-hybridized carbons (Fsp3) is 0.647. The minimum Gasteiger partial charge on any atom is -0.474 e. The highest BCUT2D eigenvalue weighted by atomic mass is 16.7. The van der Waals surface area contributed by atoms with E-state index in [2.05, 4.69) is 4.98 Å². The SMILES string of the molecule is CCOC(=O)c1cc(B2OC(C)(C)C(C)(C)O2)cnc1OC(C)C. The second-order valence-electron chi connectivity index (χ2n) is 7.10. The lowest BCUT2D eigenvalue weighted by Crippen LogP contribution is -2.41. The lowest BCUT2D eigenvalue weighted by Gasteiger charge is -2.32. The third-order valence-electron chi connectivity index (χ3n) is 4.24. The second kappa shape index (κ2) is 6.72. The van der Waals surface area contributed by atoms with E-state index in [1.807, 2.05) is 41.5 Å². The van der Waals surface area contributed by atoms with Crippen molar-refractivity contribution in [3.63, 3.8) is 0 Å². The molecule has 6 nitrogen and oxygen atoms in total. The number of pyridine rings is 1. The van der Waals surface area contributed by atoms with E-state index in [1.54, 1.807) is 19.2 Å². The van der Waals surface area contributed by atoms with Gasteiger partial charge in [0.15, 0.2) is 0 Å². The van der Waals surface area contributed by atoms with Gasteiger partial charge >= 0.3 is 13.1 Å². The Kier molecular flexibility index (Phi) is 5.25. The highest BCUT2D eigenvalue weighted by Gasteiger charge is 2.52. The van der Waals surface area contributed by atoms with Gasteiger partial charge in [0.1, 0.15) is 5.56 Å². The molecule has 1 aromatic rings. The number of hydrogen-bond donors (Lipinski definition) is 0. The van der Waals surface area contributed by atoms with Crippen molar-refractivity contribution in [1.29, 1.82) is 0 Å². The maximum atomic E-state index is 12.2. The minimum atomic E-state index is -0.594. The molecule has 0 radical (unpaired) electrons. The summed E-state index contributed by atoms with van der Waals surface area (Å²) >= 11 is 0. The van der Waals surface area contributed by atoms with Crippen LogP contribution in [0.2, 0.25) is 0 Å². The molecule has 0 saturated carbocycles. The van der Waals surface area contributed by atoms with E-state index in [4.69, 9.17) is 18.8 Å². The van der Waals surface area contributed by atoms with E-state index in [0.29, 0.717) is 5.46 Å². The summed E-state index contributed by atoms with van der Waals surface area (Å²) in [7, 11) is -0.594. The summed E-state index contributed by atoms with van der Waals surface area (Å²) in [6, 6.07) is 1.67. The van der Waals surface area contributed by atoms with Gasteiger partial charge in [-0.2, -0.15) is 0 Å². The quantitative estimate of drug-likeness (QED) is 0.608. The lowest BCUT2D eigenvalue weighted by atomic mass is 9.79. The Balaban J connectivity index is 2.36. The van der Waals surface area contributed by atoms with Gasteiger partial charge in [0.25, 0.3) is 0 Å². The van der Waals surface area contributed by atoms with Crippen LogP contribution in [0.1, 0.15) is 58.8 Å². The number of carbonyl (C=O) groups is 1. The Labute approximate surface area is 144 Å². The number of esters is 1. The summed E-state index contributed by atoms with van der Waals surface area (Å²) in [5.74, 6) is -0.220. The molecule has 0 aliphatic carbocycles. The van der Waals surface area contributed by atoms with Gasteiger partial charge in [0, 0.05) is 11.7 Å². The van der Waals surface area contributed by atoms with Gasteiger partial charge in [-0.1, -0.05) is 0 Å². The molecule has 1 aromatic heterocycles. The predicted molar refractivity (Wildman–Crippen MR) is 91.7 cm³/mol. The first-order chi connectivity index (χ1) is 11.1. The van der Waals surface area contributed by atoms with Crippen molar-refractivity contribution < 1.29 is 23.6 Å². The molecule has 1 fully saturated rings. The first-order valence-corrected chi connectivity index (χ1v) is 8.26. The van der Waals surface area contributed by atoms with Crippen LogP contribution in [0, 0.1) is 0 Å². The topological polar surface area (TPSA) is 66.9 Å². The van der Waals surface area contributed by atoms with E-state index >= 15 is 0 Å². The zero-order valence-corrected chi connectivity index (χ0v) is 15.5. The van der Waals surface area contributed by atoms with Crippen molar-refractivity contribution in [2.45, 2.75) is 65.8 Å². The number of aromatic nitrogens is 1. The average molecular weight is 335 g/mol. The van der Waals surface area contributed by atoms with Crippen molar-refractivity contribution in [2.24, 2.45) is 0 Å². The van der Waals surface area contributed by atoms with Crippen molar-refractivity contribution in [2.75, 3.05) is 6.61 Å². The van der Waals surface area contributed by atoms with Crippen LogP contribution < -0.4 is 10.2 Å². The molecule has 0 atom stereocenters. The van der Waals surface area contributed by atoms with E-state index in [0.717, 1.165) is 0 Å². The zero-order chi connectivity index (χ0) is 18.1. The van der Waals surface area contributed by atoms with E-state index < -0.39 is 24.3 Å². The Bertz CT molecular complexity index is 599. The van der Waals surface area contributed by atoms with Gasteiger partial charge in [-0.05, 0) is 54.5 Å². The summed E-state index contributed by atoms with van der Waals surface area (Å²) in [5, 5.41) is 0. The molecule has 1 saturated heterocycles. The highest BCUT2D eigenvalue weighted by Crippen LogP contribution is 2.36. The smallest absolute Gasteiger partial charge is 0.474 e. The fourth-order valence-electron chi connectivity index (χ4n) is 2.25. The maximum absolute atomic E-state index is 12.2. The molecule has 2 heterocycles. The van der Waals surface area contributed by atoms with E-state index in [9.17, 15) is 4.79 Å². The maximum Gasteiger partial charge on any atom is 0.496 e. The molecule has 7 heteroatoms. The molecule has 0 aromatic carbocycles. The van der Waals surface area contributed by atoms with Gasteiger partial charge < -0.3 is 18.8 Å². The van der Waals surface area contributed by atoms with Crippen LogP contribution in [0.25, 0.3) is 0 Å². The van der Waals surface area contributed by atoms with Crippen LogP contribution in [0.4, 0.5) is 0 Å². The number of carbonyl (C=O) groups excluding carboxylic acids is 1. The fourth-order valence-corrected chi connectivity index (χ4v) is 2.25. The molecule has 0 bridgehead atoms. The largest absolute Gasteiger partial charge is 0.496 e. The molecule has 132 valence electrons. The Morgan fingerprint density at radius 2 is 1.83 bits per heavy atom. The average Bonchev–Trinajstić information content (AvgIpc) is 2.67. The Hall–Kier alpha value is -1.60. The summed E-state index contributed by atoms with van der Waals surface area (Å²) in [4.78, 5) is 16.5. The Morgan fingerprint density at radius 1 is 1.25 bits per heavy atom. The summed E-state index contributed by atoms with van der Waals surface area (Å²) in [6.45, 7) is 13.7. The first-order valence-electron chi connectivity index (χ1n) is 8.26. The standard InChI is InChI=1S/C17H26BNO5/c1-8-21-15(20)13-9-12(10-19-14(13)22-11(2)3)18-23-16(4,5)17(6,7)24-18/h9-11H,8H2,1-7H3. The van der Waals surface area contributed by atoms with Gasteiger partial charge in [0.05, 0.1) is 23.9 Å². The number of hydrogen-bond acceptors (Lipinski definition) is 6. The number of nitrogens with zero attached hydrogens (tertiary/aromatic N) is 1. The minimum absolute atomic E-state index is 0.103. The molecular weight excluding hydrogens is 309 g/mol. The number of ether oxygens (including phenoxy) is 2. The molecule has 1 aliphatic rings. The van der Waals surface area contributed by atoms with Crippen molar-refractivity contribution in [3.05, 3.63) is 17.8 Å². The lowest BCUT2D eigenvalue weighted by molar-refractivity contribution is 0.00578. The van der Waals surface area contributed by atoms with Crippen LogP contribution in [-0.2, 0) is 14.0 Å². The van der Waals surface area contributed by atoms with Crippen LogP contribution in [0.5, 0.6) is 5.88 Å². The van der Waals surface area contributed by atoms with Gasteiger partial charge in [-0.25, -0.2) is 9.78 Å². The predicted octanol–water partition coefficient (Wildman–Crippen LogP) is 2.34. The summed E-state index contributed by atoms with van der Waals surface area (Å²) in [6.07, 6.45) is 1.51. The van der Waals surface area contributed by atoms with Crippen LogP contribution in [-0.4, -0.2) is 42.0 Å². The molecule has 2 rings (SSSR count). The van der Waals surface area contributed by atoms with Crippen LogP contribution in [0.3, 0.4) is 0 Å². The number of rotatable bonds is 5. The van der Waals surface area contributed by atoms with Crippen LogP contribution >= 0.6 is 0 Å². The first kappa shape index (κ1) is 18.7. The zero-order valence-electron chi connectivity index (χ0n) is 15.5. The molecule has 1 aliphatic heterocycles. The Morgan fingerprint density at radius 3 is 2.33 bits per heavy atom. The van der Waals surface area contributed by atoms with Crippen molar-refractivity contribution in [1.82, 2.24) is 4.98 Å². The highest BCUT2D eigenvalue weighted by molar-refractivity contribution is 6.62. The van der Waals surface area contributed by atoms with Gasteiger partial charge in [0.2, 0.25) is 5.88 Å². The van der Waals surface area contributed by atoms with Crippen molar-refractivity contribution in [3.8, 4) is 5.88 Å². The monoisotopic (exact) mass is 335 g/mol. The summed E-state index contributed by atoms with van der Waals surface area (Å²) < 4.78 is 22.7. The van der Waals surface area contributed by atoms with Gasteiger partial charge in [-0.3, -0.25) is 0 Å². The normalized spacial score (nSPS) is 18.8. The third kappa shape index (κ3) is 3.73. The molecular formula is C17H26BNO5. The molecule has 24 heavy (non-hydrogen) atoms.